The summed E-state index contributed by atoms with van der Waals surface area (Å²) in [6.07, 6.45) is 0.448. The van der Waals surface area contributed by atoms with Gasteiger partial charge < -0.3 is 5.32 Å². The van der Waals surface area contributed by atoms with Crippen molar-refractivity contribution < 1.29 is 4.79 Å². The SMILES string of the molecule is CCC(=O)Nc1cc(C)n(Cc2ccc(Cl)cc2)n1. The Balaban J connectivity index is 2.12. The third-order valence-electron chi connectivity index (χ3n) is 2.82. The highest BCUT2D eigenvalue weighted by molar-refractivity contribution is 6.30. The van der Waals surface area contributed by atoms with Crippen molar-refractivity contribution in [2.45, 2.75) is 26.8 Å². The Bertz CT molecular complexity index is 575. The van der Waals surface area contributed by atoms with E-state index in [1.807, 2.05) is 48.9 Å². The Morgan fingerprint density at radius 1 is 1.37 bits per heavy atom. The summed E-state index contributed by atoms with van der Waals surface area (Å²) in [7, 11) is 0. The van der Waals surface area contributed by atoms with E-state index < -0.39 is 0 Å². The zero-order chi connectivity index (χ0) is 13.8. The van der Waals surface area contributed by atoms with Gasteiger partial charge in [0.1, 0.15) is 0 Å². The van der Waals surface area contributed by atoms with Crippen LogP contribution in [-0.2, 0) is 11.3 Å². The molecule has 0 radical (unpaired) electrons. The van der Waals surface area contributed by atoms with Crippen molar-refractivity contribution >= 4 is 23.3 Å². The van der Waals surface area contributed by atoms with Crippen molar-refractivity contribution in [1.82, 2.24) is 9.78 Å². The molecule has 0 aliphatic rings. The number of nitrogens with zero attached hydrogens (tertiary/aromatic N) is 2. The number of nitrogens with one attached hydrogen (secondary N) is 1. The van der Waals surface area contributed by atoms with Gasteiger partial charge in [-0.15, -0.1) is 0 Å². The van der Waals surface area contributed by atoms with Crippen LogP contribution in [0.4, 0.5) is 5.82 Å². The van der Waals surface area contributed by atoms with Crippen molar-refractivity contribution in [3.8, 4) is 0 Å². The Hall–Kier alpha value is -1.81. The molecule has 2 aromatic rings. The van der Waals surface area contributed by atoms with Gasteiger partial charge in [-0.1, -0.05) is 30.7 Å². The number of anilines is 1. The van der Waals surface area contributed by atoms with Crippen LogP contribution in [0.5, 0.6) is 0 Å². The summed E-state index contributed by atoms with van der Waals surface area (Å²) < 4.78 is 1.86. The molecule has 100 valence electrons. The van der Waals surface area contributed by atoms with Crippen molar-refractivity contribution in [2.24, 2.45) is 0 Å². The van der Waals surface area contributed by atoms with E-state index in [0.717, 1.165) is 16.3 Å². The number of aromatic nitrogens is 2. The standard InChI is InChI=1S/C14H16ClN3O/c1-3-14(19)16-13-8-10(2)18(17-13)9-11-4-6-12(15)7-5-11/h4-8H,3,9H2,1-2H3,(H,16,17,19). The van der Waals surface area contributed by atoms with Gasteiger partial charge in [0.05, 0.1) is 6.54 Å². The molecular formula is C14H16ClN3O. The summed E-state index contributed by atoms with van der Waals surface area (Å²) in [5, 5.41) is 7.84. The molecule has 4 nitrogen and oxygen atoms in total. The van der Waals surface area contributed by atoms with E-state index in [0.29, 0.717) is 18.8 Å². The molecule has 1 aromatic carbocycles. The molecule has 0 saturated heterocycles. The third-order valence-corrected chi connectivity index (χ3v) is 3.07. The lowest BCUT2D eigenvalue weighted by molar-refractivity contribution is -0.115. The van der Waals surface area contributed by atoms with Gasteiger partial charge in [-0.3, -0.25) is 9.48 Å². The average molecular weight is 278 g/mol. The van der Waals surface area contributed by atoms with Crippen LogP contribution in [0.1, 0.15) is 24.6 Å². The summed E-state index contributed by atoms with van der Waals surface area (Å²) in [4.78, 5) is 11.3. The highest BCUT2D eigenvalue weighted by Crippen LogP contribution is 2.14. The first kappa shape index (κ1) is 13.6. The molecule has 1 aromatic heterocycles. The van der Waals surface area contributed by atoms with Crippen molar-refractivity contribution in [3.05, 3.63) is 46.6 Å². The maximum absolute atomic E-state index is 11.3. The third kappa shape index (κ3) is 3.58. The van der Waals surface area contributed by atoms with Crippen molar-refractivity contribution in [3.63, 3.8) is 0 Å². The Labute approximate surface area is 117 Å². The minimum Gasteiger partial charge on any atom is -0.309 e. The second kappa shape index (κ2) is 5.89. The van der Waals surface area contributed by atoms with Gasteiger partial charge in [-0.05, 0) is 24.6 Å². The van der Waals surface area contributed by atoms with Crippen LogP contribution in [0.3, 0.4) is 0 Å². The first-order chi connectivity index (χ1) is 9.08. The van der Waals surface area contributed by atoms with E-state index in [9.17, 15) is 4.79 Å². The zero-order valence-electron chi connectivity index (χ0n) is 11.0. The van der Waals surface area contributed by atoms with Crippen molar-refractivity contribution in [1.29, 1.82) is 0 Å². The van der Waals surface area contributed by atoms with Crippen LogP contribution in [0.25, 0.3) is 0 Å². The number of carbonyl (C=O) groups is 1. The smallest absolute Gasteiger partial charge is 0.225 e. The molecule has 2 rings (SSSR count). The van der Waals surface area contributed by atoms with E-state index in [2.05, 4.69) is 10.4 Å². The summed E-state index contributed by atoms with van der Waals surface area (Å²) in [6.45, 7) is 4.43. The topological polar surface area (TPSA) is 46.9 Å². The minimum absolute atomic E-state index is 0.0313. The number of hydrogen-bond donors (Lipinski definition) is 1. The number of amides is 1. The Morgan fingerprint density at radius 2 is 2.05 bits per heavy atom. The molecule has 0 atom stereocenters. The van der Waals surface area contributed by atoms with E-state index in [4.69, 9.17) is 11.6 Å². The first-order valence-electron chi connectivity index (χ1n) is 6.17. The fraction of sp³-hybridized carbons (Fsp3) is 0.286. The van der Waals surface area contributed by atoms with Crippen LogP contribution in [-0.4, -0.2) is 15.7 Å². The van der Waals surface area contributed by atoms with E-state index in [1.165, 1.54) is 0 Å². The maximum atomic E-state index is 11.3. The number of halogens is 1. The normalized spacial score (nSPS) is 10.5. The predicted octanol–water partition coefficient (Wildman–Crippen LogP) is 3.24. The summed E-state index contributed by atoms with van der Waals surface area (Å²) in [5.74, 6) is 0.564. The summed E-state index contributed by atoms with van der Waals surface area (Å²) >= 11 is 5.85. The van der Waals surface area contributed by atoms with Crippen LogP contribution in [0.15, 0.2) is 30.3 Å². The number of hydrogen-bond acceptors (Lipinski definition) is 2. The molecule has 19 heavy (non-hydrogen) atoms. The Morgan fingerprint density at radius 3 is 2.68 bits per heavy atom. The van der Waals surface area contributed by atoms with Gasteiger partial charge in [0.25, 0.3) is 0 Å². The van der Waals surface area contributed by atoms with Gasteiger partial charge in [0.2, 0.25) is 5.91 Å². The Kier molecular flexibility index (Phi) is 4.22. The fourth-order valence-corrected chi connectivity index (χ4v) is 1.85. The monoisotopic (exact) mass is 277 g/mol. The molecule has 0 unspecified atom stereocenters. The van der Waals surface area contributed by atoms with Gasteiger partial charge in [0, 0.05) is 23.2 Å². The van der Waals surface area contributed by atoms with Crippen molar-refractivity contribution in [2.75, 3.05) is 5.32 Å². The average Bonchev–Trinajstić information content (AvgIpc) is 2.72. The van der Waals surface area contributed by atoms with Gasteiger partial charge >= 0.3 is 0 Å². The van der Waals surface area contributed by atoms with Gasteiger partial charge in [-0.2, -0.15) is 5.10 Å². The molecule has 0 aliphatic carbocycles. The molecule has 5 heteroatoms. The highest BCUT2D eigenvalue weighted by Gasteiger charge is 2.07. The molecule has 1 N–H and O–H groups in total. The second-order valence-electron chi connectivity index (χ2n) is 4.36. The largest absolute Gasteiger partial charge is 0.309 e. The van der Waals surface area contributed by atoms with Gasteiger partial charge in [-0.25, -0.2) is 0 Å². The molecule has 1 amide bonds. The first-order valence-corrected chi connectivity index (χ1v) is 6.55. The minimum atomic E-state index is -0.0313. The number of benzene rings is 1. The quantitative estimate of drug-likeness (QED) is 0.932. The summed E-state index contributed by atoms with van der Waals surface area (Å²) in [5.41, 5.74) is 2.12. The van der Waals surface area contributed by atoms with Crippen LogP contribution < -0.4 is 5.32 Å². The second-order valence-corrected chi connectivity index (χ2v) is 4.79. The molecule has 0 fully saturated rings. The molecule has 0 aliphatic heterocycles. The number of carbonyl (C=O) groups excluding carboxylic acids is 1. The molecule has 1 heterocycles. The number of aryl methyl sites for hydroxylation is 1. The van der Waals surface area contributed by atoms with Gasteiger partial charge in [0.15, 0.2) is 5.82 Å². The van der Waals surface area contributed by atoms with Crippen LogP contribution >= 0.6 is 11.6 Å². The predicted molar refractivity (Wildman–Crippen MR) is 76.4 cm³/mol. The van der Waals surface area contributed by atoms with E-state index in [1.54, 1.807) is 0 Å². The molecule has 0 spiro atoms. The van der Waals surface area contributed by atoms with Crippen LogP contribution in [0.2, 0.25) is 5.02 Å². The summed E-state index contributed by atoms with van der Waals surface area (Å²) in [6, 6.07) is 9.51. The number of rotatable bonds is 4. The maximum Gasteiger partial charge on any atom is 0.225 e. The van der Waals surface area contributed by atoms with E-state index >= 15 is 0 Å². The molecule has 0 saturated carbocycles. The lowest BCUT2D eigenvalue weighted by atomic mass is 10.2. The fourth-order valence-electron chi connectivity index (χ4n) is 1.73. The highest BCUT2D eigenvalue weighted by atomic mass is 35.5. The van der Waals surface area contributed by atoms with Crippen LogP contribution in [0, 0.1) is 6.92 Å². The van der Waals surface area contributed by atoms with E-state index in [-0.39, 0.29) is 5.91 Å². The lowest BCUT2D eigenvalue weighted by Crippen LogP contribution is -2.10. The lowest BCUT2D eigenvalue weighted by Gasteiger charge is -2.04. The molecule has 0 bridgehead atoms. The zero-order valence-corrected chi connectivity index (χ0v) is 11.7. The molecular weight excluding hydrogens is 262 g/mol.